The van der Waals surface area contributed by atoms with Gasteiger partial charge in [0, 0.05) is 6.07 Å². The number of carboxylic acid groups (broad SMARTS) is 1. The Bertz CT molecular complexity index is 532. The zero-order chi connectivity index (χ0) is 13.9. The molecule has 0 bridgehead atoms. The van der Waals surface area contributed by atoms with E-state index in [1.807, 2.05) is 0 Å². The van der Waals surface area contributed by atoms with Crippen LogP contribution in [0.2, 0.25) is 0 Å². The first-order chi connectivity index (χ1) is 8.34. The van der Waals surface area contributed by atoms with Crippen LogP contribution in [0.5, 0.6) is 0 Å². The molecule has 0 saturated carbocycles. The summed E-state index contributed by atoms with van der Waals surface area (Å²) in [5, 5.41) is 20.4. The van der Waals surface area contributed by atoms with Crippen LogP contribution in [0.15, 0.2) is 12.1 Å². The van der Waals surface area contributed by atoms with E-state index in [0.717, 1.165) is 0 Å². The molecule has 0 heterocycles. The maximum Gasteiger partial charge on any atom is 0.322 e. The lowest BCUT2D eigenvalue weighted by Gasteiger charge is -2.05. The second-order valence-corrected chi connectivity index (χ2v) is 3.09. The number of benzene rings is 1. The van der Waals surface area contributed by atoms with Crippen molar-refractivity contribution in [1.29, 1.82) is 0 Å². The first kappa shape index (κ1) is 13.5. The maximum atomic E-state index is 13.5. The number of nitrogens with zero attached hydrogens (tertiary/aromatic N) is 1. The maximum absolute atomic E-state index is 13.5. The van der Waals surface area contributed by atoms with Gasteiger partial charge in [-0.2, -0.15) is 4.39 Å². The Labute approximate surface area is 98.2 Å². The number of rotatable bonds is 4. The van der Waals surface area contributed by atoms with E-state index in [-0.39, 0.29) is 0 Å². The van der Waals surface area contributed by atoms with Crippen molar-refractivity contribution in [2.45, 2.75) is 0 Å². The van der Waals surface area contributed by atoms with Crippen LogP contribution in [-0.4, -0.2) is 28.5 Å². The standard InChI is InChI=1S/C9H6F2N2O5/c10-4-1-2-5(13(17)18)8(11)7(4)9(16)12-3-6(14)15/h1-2H,3H2,(H,12,16)(H,14,15). The number of hydrogen-bond donors (Lipinski definition) is 2. The lowest BCUT2D eigenvalue weighted by Crippen LogP contribution is -2.30. The van der Waals surface area contributed by atoms with Crippen molar-refractivity contribution in [2.24, 2.45) is 0 Å². The molecule has 96 valence electrons. The van der Waals surface area contributed by atoms with E-state index in [1.54, 1.807) is 5.32 Å². The average molecular weight is 260 g/mol. The number of carbonyl (C=O) groups excluding carboxylic acids is 1. The molecule has 0 aromatic heterocycles. The Hall–Kier alpha value is -2.58. The first-order valence-electron chi connectivity index (χ1n) is 4.47. The summed E-state index contributed by atoms with van der Waals surface area (Å²) in [6.07, 6.45) is 0. The molecule has 1 amide bonds. The number of nitrogens with one attached hydrogen (secondary N) is 1. The number of amides is 1. The molecule has 7 nitrogen and oxygen atoms in total. The molecule has 18 heavy (non-hydrogen) atoms. The van der Waals surface area contributed by atoms with Gasteiger partial charge in [0.05, 0.1) is 4.92 Å². The number of nitro groups is 1. The summed E-state index contributed by atoms with van der Waals surface area (Å²) in [4.78, 5) is 30.7. The van der Waals surface area contributed by atoms with Crippen LogP contribution in [0, 0.1) is 21.7 Å². The summed E-state index contributed by atoms with van der Waals surface area (Å²) >= 11 is 0. The Kier molecular flexibility index (Phi) is 3.87. The molecule has 0 saturated heterocycles. The molecule has 0 spiro atoms. The van der Waals surface area contributed by atoms with E-state index >= 15 is 0 Å². The molecule has 0 atom stereocenters. The quantitative estimate of drug-likeness (QED) is 0.611. The molecule has 1 aromatic rings. The molecule has 0 unspecified atom stereocenters. The second-order valence-electron chi connectivity index (χ2n) is 3.09. The molecule has 2 N–H and O–H groups in total. The zero-order valence-electron chi connectivity index (χ0n) is 8.65. The van der Waals surface area contributed by atoms with Crippen molar-refractivity contribution in [2.75, 3.05) is 6.54 Å². The van der Waals surface area contributed by atoms with Gasteiger partial charge in [0.1, 0.15) is 17.9 Å². The largest absolute Gasteiger partial charge is 0.480 e. The van der Waals surface area contributed by atoms with Gasteiger partial charge in [0.2, 0.25) is 5.82 Å². The molecule has 0 aliphatic rings. The molecule has 1 aromatic carbocycles. The number of hydrogen-bond acceptors (Lipinski definition) is 4. The van der Waals surface area contributed by atoms with Gasteiger partial charge in [-0.25, -0.2) is 4.39 Å². The van der Waals surface area contributed by atoms with Crippen LogP contribution >= 0.6 is 0 Å². The molecule has 0 fully saturated rings. The molecule has 0 radical (unpaired) electrons. The fourth-order valence-electron chi connectivity index (χ4n) is 1.13. The van der Waals surface area contributed by atoms with Crippen molar-refractivity contribution < 1.29 is 28.4 Å². The first-order valence-corrected chi connectivity index (χ1v) is 4.47. The SMILES string of the molecule is O=C(O)CNC(=O)c1c(F)ccc([N+](=O)[O-])c1F. The highest BCUT2D eigenvalue weighted by molar-refractivity contribution is 5.96. The molecule has 1 rings (SSSR count). The third-order valence-electron chi connectivity index (χ3n) is 1.89. The number of halogens is 2. The third-order valence-corrected chi connectivity index (χ3v) is 1.89. The highest BCUT2D eigenvalue weighted by Crippen LogP contribution is 2.22. The number of aliphatic carboxylic acids is 1. The normalized spacial score (nSPS) is 9.89. The van der Waals surface area contributed by atoms with Gasteiger partial charge in [-0.05, 0) is 6.07 Å². The fourth-order valence-corrected chi connectivity index (χ4v) is 1.13. The van der Waals surface area contributed by atoms with E-state index in [9.17, 15) is 28.5 Å². The topological polar surface area (TPSA) is 110 Å². The smallest absolute Gasteiger partial charge is 0.322 e. The predicted octanol–water partition coefficient (Wildman–Crippen LogP) is 0.687. The highest BCUT2D eigenvalue weighted by atomic mass is 19.1. The predicted molar refractivity (Wildman–Crippen MR) is 53.0 cm³/mol. The Morgan fingerprint density at radius 1 is 1.39 bits per heavy atom. The van der Waals surface area contributed by atoms with Crippen molar-refractivity contribution >= 4 is 17.6 Å². The molecule has 0 aliphatic carbocycles. The number of carbonyl (C=O) groups is 2. The Morgan fingerprint density at radius 3 is 2.50 bits per heavy atom. The summed E-state index contributed by atoms with van der Waals surface area (Å²) in [5.41, 5.74) is -2.26. The lowest BCUT2D eigenvalue weighted by atomic mass is 10.1. The second kappa shape index (κ2) is 5.17. The van der Waals surface area contributed by atoms with Crippen LogP contribution < -0.4 is 5.32 Å². The molecule has 9 heteroatoms. The van der Waals surface area contributed by atoms with Crippen LogP contribution in [-0.2, 0) is 4.79 Å². The lowest BCUT2D eigenvalue weighted by molar-refractivity contribution is -0.387. The Morgan fingerprint density at radius 2 is 2.00 bits per heavy atom. The van der Waals surface area contributed by atoms with E-state index < -0.39 is 46.2 Å². The van der Waals surface area contributed by atoms with Crippen molar-refractivity contribution in [3.05, 3.63) is 39.4 Å². The van der Waals surface area contributed by atoms with Crippen molar-refractivity contribution in [3.63, 3.8) is 0 Å². The average Bonchev–Trinajstić information content (AvgIpc) is 2.25. The van der Waals surface area contributed by atoms with Crippen LogP contribution in [0.25, 0.3) is 0 Å². The van der Waals surface area contributed by atoms with Gasteiger partial charge in [-0.1, -0.05) is 0 Å². The fraction of sp³-hybridized carbons (Fsp3) is 0.111. The minimum Gasteiger partial charge on any atom is -0.480 e. The van der Waals surface area contributed by atoms with Gasteiger partial charge in [-0.15, -0.1) is 0 Å². The summed E-state index contributed by atoms with van der Waals surface area (Å²) in [6.45, 7) is -0.861. The molecular weight excluding hydrogens is 254 g/mol. The minimum atomic E-state index is -1.65. The van der Waals surface area contributed by atoms with Gasteiger partial charge in [0.15, 0.2) is 0 Å². The van der Waals surface area contributed by atoms with Crippen molar-refractivity contribution in [3.8, 4) is 0 Å². The van der Waals surface area contributed by atoms with Crippen LogP contribution in [0.4, 0.5) is 14.5 Å². The Balaban J connectivity index is 3.14. The summed E-state index contributed by atoms with van der Waals surface area (Å²) in [5.74, 6) is -5.77. The van der Waals surface area contributed by atoms with Crippen LogP contribution in [0.3, 0.4) is 0 Å². The summed E-state index contributed by atoms with van der Waals surface area (Å²) in [7, 11) is 0. The summed E-state index contributed by atoms with van der Waals surface area (Å²) in [6, 6.07) is 1.12. The highest BCUT2D eigenvalue weighted by Gasteiger charge is 2.26. The molecular formula is C9H6F2N2O5. The van der Waals surface area contributed by atoms with E-state index in [2.05, 4.69) is 0 Å². The van der Waals surface area contributed by atoms with Gasteiger partial charge >= 0.3 is 11.7 Å². The number of carboxylic acids is 1. The number of nitro benzene ring substituents is 1. The van der Waals surface area contributed by atoms with E-state index in [1.165, 1.54) is 0 Å². The third kappa shape index (κ3) is 2.75. The van der Waals surface area contributed by atoms with Gasteiger partial charge in [-0.3, -0.25) is 19.7 Å². The van der Waals surface area contributed by atoms with Crippen LogP contribution in [0.1, 0.15) is 10.4 Å². The summed E-state index contributed by atoms with van der Waals surface area (Å²) < 4.78 is 26.7. The van der Waals surface area contributed by atoms with Gasteiger partial charge in [0.25, 0.3) is 5.91 Å². The van der Waals surface area contributed by atoms with E-state index in [0.29, 0.717) is 12.1 Å². The zero-order valence-corrected chi connectivity index (χ0v) is 8.65. The molecule has 0 aliphatic heterocycles. The minimum absolute atomic E-state index is 0.552. The van der Waals surface area contributed by atoms with Gasteiger partial charge < -0.3 is 10.4 Å². The monoisotopic (exact) mass is 260 g/mol. The van der Waals surface area contributed by atoms with E-state index in [4.69, 9.17) is 5.11 Å². The van der Waals surface area contributed by atoms with Crippen molar-refractivity contribution in [1.82, 2.24) is 5.32 Å².